The normalized spacial score (nSPS) is 20.8. The van der Waals surface area contributed by atoms with Crippen molar-refractivity contribution in [3.05, 3.63) is 28.2 Å². The van der Waals surface area contributed by atoms with E-state index < -0.39 is 0 Å². The van der Waals surface area contributed by atoms with Gasteiger partial charge in [0.15, 0.2) is 6.54 Å². The van der Waals surface area contributed by atoms with Crippen LogP contribution in [0.15, 0.2) is 18.2 Å². The molecule has 0 aromatic heterocycles. The summed E-state index contributed by atoms with van der Waals surface area (Å²) in [5, 5.41) is 3.71. The number of esters is 1. The van der Waals surface area contributed by atoms with Crippen LogP contribution in [0.2, 0.25) is 10.0 Å². The van der Waals surface area contributed by atoms with Crippen LogP contribution in [0, 0.1) is 5.92 Å². The lowest BCUT2D eigenvalue weighted by Crippen LogP contribution is -3.14. The van der Waals surface area contributed by atoms with Gasteiger partial charge in [0.25, 0.3) is 5.91 Å². The van der Waals surface area contributed by atoms with E-state index >= 15 is 0 Å². The number of nitrogens with one attached hydrogen (secondary N) is 2. The van der Waals surface area contributed by atoms with Crippen molar-refractivity contribution in [3.63, 3.8) is 0 Å². The van der Waals surface area contributed by atoms with E-state index in [0.717, 1.165) is 24.3 Å². The number of benzene rings is 1. The molecule has 0 saturated carbocycles. The number of rotatable bonds is 5. The first-order valence-electron chi connectivity index (χ1n) is 7.74. The molecule has 1 aromatic rings. The van der Waals surface area contributed by atoms with Gasteiger partial charge < -0.3 is 15.0 Å². The quantitative estimate of drug-likeness (QED) is 0.788. The summed E-state index contributed by atoms with van der Waals surface area (Å²) in [6, 6.07) is 4.94. The Kier molecular flexibility index (Phi) is 6.69. The Labute approximate surface area is 145 Å². The minimum atomic E-state index is -0.161. The zero-order chi connectivity index (χ0) is 16.8. The van der Waals surface area contributed by atoms with Gasteiger partial charge in [0.05, 0.1) is 30.4 Å². The second-order valence-electron chi connectivity index (χ2n) is 5.64. The Balaban J connectivity index is 1.88. The highest BCUT2D eigenvalue weighted by atomic mass is 35.5. The van der Waals surface area contributed by atoms with Gasteiger partial charge in [0.2, 0.25) is 0 Å². The summed E-state index contributed by atoms with van der Waals surface area (Å²) < 4.78 is 5.07. The predicted octanol–water partition coefficient (Wildman–Crippen LogP) is 1.79. The summed E-state index contributed by atoms with van der Waals surface area (Å²) in [6.45, 7) is 3.99. The highest BCUT2D eigenvalue weighted by Crippen LogP contribution is 2.25. The van der Waals surface area contributed by atoms with Crippen LogP contribution < -0.4 is 10.2 Å². The molecule has 1 saturated heterocycles. The number of carbonyl (C=O) groups excluding carboxylic acids is 2. The monoisotopic (exact) mass is 359 g/mol. The van der Waals surface area contributed by atoms with Gasteiger partial charge in [0, 0.05) is 5.02 Å². The number of piperidine rings is 1. The van der Waals surface area contributed by atoms with Crippen LogP contribution >= 0.6 is 23.2 Å². The van der Waals surface area contributed by atoms with Crippen molar-refractivity contribution in [3.8, 4) is 0 Å². The highest BCUT2D eigenvalue weighted by Gasteiger charge is 2.30. The molecule has 0 radical (unpaired) electrons. The fraction of sp³-hybridized carbons (Fsp3) is 0.500. The Morgan fingerprint density at radius 1 is 1.39 bits per heavy atom. The van der Waals surface area contributed by atoms with Gasteiger partial charge in [0.1, 0.15) is 5.92 Å². The number of likely N-dealkylation sites (tertiary alicyclic amines) is 1. The van der Waals surface area contributed by atoms with Gasteiger partial charge in [-0.1, -0.05) is 23.2 Å². The molecular weight excluding hydrogens is 339 g/mol. The molecule has 126 valence electrons. The zero-order valence-corrected chi connectivity index (χ0v) is 14.5. The van der Waals surface area contributed by atoms with E-state index in [1.165, 1.54) is 0 Å². The third-order valence-electron chi connectivity index (χ3n) is 3.85. The molecule has 0 bridgehead atoms. The summed E-state index contributed by atoms with van der Waals surface area (Å²) >= 11 is 11.9. The van der Waals surface area contributed by atoms with Crippen LogP contribution in [0.4, 0.5) is 5.69 Å². The second kappa shape index (κ2) is 8.52. The molecule has 0 aliphatic carbocycles. The fourth-order valence-electron chi connectivity index (χ4n) is 2.79. The molecule has 7 heteroatoms. The number of anilines is 1. The maximum atomic E-state index is 12.2. The first-order chi connectivity index (χ1) is 11.0. The topological polar surface area (TPSA) is 59.8 Å². The van der Waals surface area contributed by atoms with E-state index in [2.05, 4.69) is 5.32 Å². The largest absolute Gasteiger partial charge is 0.466 e. The Bertz CT molecular complexity index is 580. The second-order valence-corrected chi connectivity index (χ2v) is 6.49. The third-order valence-corrected chi connectivity index (χ3v) is 4.40. The van der Waals surface area contributed by atoms with E-state index in [1.54, 1.807) is 25.1 Å². The van der Waals surface area contributed by atoms with Crippen LogP contribution in [0.1, 0.15) is 19.8 Å². The van der Waals surface area contributed by atoms with Crippen molar-refractivity contribution < 1.29 is 19.2 Å². The van der Waals surface area contributed by atoms with Crippen molar-refractivity contribution in [2.45, 2.75) is 19.8 Å². The summed E-state index contributed by atoms with van der Waals surface area (Å²) in [7, 11) is 0. The van der Waals surface area contributed by atoms with E-state index in [9.17, 15) is 9.59 Å². The van der Waals surface area contributed by atoms with E-state index in [-0.39, 0.29) is 17.8 Å². The lowest BCUT2D eigenvalue weighted by atomic mass is 9.98. The third kappa shape index (κ3) is 5.37. The van der Waals surface area contributed by atoms with Crippen molar-refractivity contribution in [1.82, 2.24) is 0 Å². The minimum absolute atomic E-state index is 0.120. The lowest BCUT2D eigenvalue weighted by molar-refractivity contribution is -0.899. The molecule has 1 aliphatic heterocycles. The lowest BCUT2D eigenvalue weighted by Gasteiger charge is -2.28. The highest BCUT2D eigenvalue weighted by molar-refractivity contribution is 6.36. The van der Waals surface area contributed by atoms with Crippen LogP contribution in [-0.4, -0.2) is 38.1 Å². The van der Waals surface area contributed by atoms with Gasteiger partial charge in [-0.2, -0.15) is 0 Å². The minimum Gasteiger partial charge on any atom is -0.466 e. The number of carbonyl (C=O) groups is 2. The van der Waals surface area contributed by atoms with Crippen LogP contribution in [-0.2, 0) is 14.3 Å². The molecule has 1 heterocycles. The molecule has 2 N–H and O–H groups in total. The summed E-state index contributed by atoms with van der Waals surface area (Å²) in [6.07, 6.45) is 1.74. The Morgan fingerprint density at radius 3 is 2.87 bits per heavy atom. The first-order valence-corrected chi connectivity index (χ1v) is 8.50. The first kappa shape index (κ1) is 18.0. The Morgan fingerprint density at radius 2 is 2.17 bits per heavy atom. The number of amides is 1. The number of hydrogen-bond donors (Lipinski definition) is 2. The Hall–Kier alpha value is -1.30. The fourth-order valence-corrected chi connectivity index (χ4v) is 3.24. The molecule has 0 spiro atoms. The molecule has 1 aliphatic rings. The van der Waals surface area contributed by atoms with E-state index in [1.807, 2.05) is 0 Å². The molecule has 5 nitrogen and oxygen atoms in total. The molecular formula is C16H21Cl2N2O3+. The van der Waals surface area contributed by atoms with Crippen molar-refractivity contribution in [2.24, 2.45) is 5.92 Å². The SMILES string of the molecule is CCOC(=O)[C@H]1CCC[NH+](CC(=O)Nc2ccc(Cl)cc2Cl)C1. The molecule has 1 unspecified atom stereocenters. The van der Waals surface area contributed by atoms with Gasteiger partial charge in [-0.25, -0.2) is 0 Å². The number of quaternary nitrogens is 1. The van der Waals surface area contributed by atoms with Gasteiger partial charge >= 0.3 is 5.97 Å². The van der Waals surface area contributed by atoms with Crippen molar-refractivity contribution in [1.29, 1.82) is 0 Å². The van der Waals surface area contributed by atoms with Gasteiger partial charge in [-0.15, -0.1) is 0 Å². The predicted molar refractivity (Wildman–Crippen MR) is 90.0 cm³/mol. The van der Waals surface area contributed by atoms with Crippen molar-refractivity contribution >= 4 is 40.8 Å². The maximum Gasteiger partial charge on any atom is 0.314 e. The number of hydrogen-bond acceptors (Lipinski definition) is 3. The number of halogens is 2. The summed E-state index contributed by atoms with van der Waals surface area (Å²) in [5.74, 6) is -0.412. The van der Waals surface area contributed by atoms with Gasteiger partial charge in [-0.05, 0) is 38.0 Å². The van der Waals surface area contributed by atoms with Gasteiger partial charge in [-0.3, -0.25) is 9.59 Å². The summed E-state index contributed by atoms with van der Waals surface area (Å²) in [4.78, 5) is 25.1. The summed E-state index contributed by atoms with van der Waals surface area (Å²) in [5.41, 5.74) is 0.541. The zero-order valence-electron chi connectivity index (χ0n) is 13.0. The van der Waals surface area contributed by atoms with E-state index in [4.69, 9.17) is 27.9 Å². The molecule has 2 rings (SSSR count). The molecule has 23 heavy (non-hydrogen) atoms. The average molecular weight is 360 g/mol. The molecule has 2 atom stereocenters. The van der Waals surface area contributed by atoms with Crippen molar-refractivity contribution in [2.75, 3.05) is 31.6 Å². The van der Waals surface area contributed by atoms with Crippen LogP contribution in [0.25, 0.3) is 0 Å². The van der Waals surface area contributed by atoms with E-state index in [0.29, 0.717) is 35.4 Å². The molecule has 1 amide bonds. The van der Waals surface area contributed by atoms with Crippen LogP contribution in [0.5, 0.6) is 0 Å². The molecule has 1 aromatic carbocycles. The standard InChI is InChI=1S/C16H20Cl2N2O3/c1-2-23-16(22)11-4-3-7-20(9-11)10-15(21)19-14-6-5-12(17)8-13(14)18/h5-6,8,11H,2-4,7,9-10H2,1H3,(H,19,21)/p+1/t11-/m0/s1. The number of ether oxygens (including phenoxy) is 1. The van der Waals surface area contributed by atoms with Crippen LogP contribution in [0.3, 0.4) is 0 Å². The maximum absolute atomic E-state index is 12.2. The average Bonchev–Trinajstić information content (AvgIpc) is 2.50. The molecule has 1 fully saturated rings. The smallest absolute Gasteiger partial charge is 0.314 e.